The predicted octanol–water partition coefficient (Wildman–Crippen LogP) is 4.39. The second kappa shape index (κ2) is 10.4. The monoisotopic (exact) mass is 440 g/mol. The molecule has 4 rings (SSSR count). The van der Waals surface area contributed by atoms with Crippen molar-refractivity contribution in [3.63, 3.8) is 0 Å². The number of nitrogens with zero attached hydrogens (tertiary/aromatic N) is 2. The quantitative estimate of drug-likeness (QED) is 0.581. The van der Waals surface area contributed by atoms with Crippen LogP contribution in [-0.2, 0) is 27.4 Å². The molecular weight excluding hydrogens is 408 g/mol. The zero-order chi connectivity index (χ0) is 21.6. The topological polar surface area (TPSA) is 49.9 Å². The van der Waals surface area contributed by atoms with Crippen LogP contribution in [0.5, 0.6) is 0 Å². The van der Waals surface area contributed by atoms with Crippen LogP contribution in [0.3, 0.4) is 0 Å². The Bertz CT molecular complexity index is 872. The van der Waals surface area contributed by atoms with E-state index in [1.807, 2.05) is 35.2 Å². The maximum absolute atomic E-state index is 13.5. The largest absolute Gasteiger partial charge is 0.376 e. The molecule has 1 aromatic heterocycles. The fourth-order valence-electron chi connectivity index (χ4n) is 4.22. The highest BCUT2D eigenvalue weighted by atomic mass is 32.1. The van der Waals surface area contributed by atoms with Gasteiger partial charge in [-0.25, -0.2) is 0 Å². The van der Waals surface area contributed by atoms with E-state index in [9.17, 15) is 9.59 Å². The Morgan fingerprint density at radius 1 is 1.03 bits per heavy atom. The number of rotatable bonds is 9. The van der Waals surface area contributed by atoms with Crippen molar-refractivity contribution < 1.29 is 14.3 Å². The summed E-state index contributed by atoms with van der Waals surface area (Å²) >= 11 is 1.68. The van der Waals surface area contributed by atoms with Crippen molar-refractivity contribution in [3.05, 3.63) is 57.8 Å². The maximum Gasteiger partial charge on any atom is 0.242 e. The average Bonchev–Trinajstić information content (AvgIpc) is 3.38. The first-order chi connectivity index (χ1) is 15.1. The van der Waals surface area contributed by atoms with Gasteiger partial charge in [-0.05, 0) is 55.2 Å². The molecule has 2 aromatic rings. The van der Waals surface area contributed by atoms with Crippen LogP contribution in [0.2, 0.25) is 0 Å². The molecule has 0 radical (unpaired) electrons. The van der Waals surface area contributed by atoms with Gasteiger partial charge in [0.25, 0.3) is 0 Å². The molecule has 2 aliphatic rings. The van der Waals surface area contributed by atoms with E-state index < -0.39 is 0 Å². The first-order valence-electron chi connectivity index (χ1n) is 11.3. The lowest BCUT2D eigenvalue weighted by Gasteiger charge is -2.34. The highest BCUT2D eigenvalue weighted by molar-refractivity contribution is 7.10. The first kappa shape index (κ1) is 22.0. The molecule has 2 fully saturated rings. The van der Waals surface area contributed by atoms with Crippen LogP contribution in [0.25, 0.3) is 0 Å². The Hall–Kier alpha value is -2.18. The van der Waals surface area contributed by atoms with Crippen LogP contribution in [0.4, 0.5) is 0 Å². The summed E-state index contributed by atoms with van der Waals surface area (Å²) in [5.41, 5.74) is 2.30. The highest BCUT2D eigenvalue weighted by Crippen LogP contribution is 2.29. The number of amides is 2. The minimum atomic E-state index is 0.00215. The van der Waals surface area contributed by atoms with E-state index in [0.717, 1.165) is 44.3 Å². The fourth-order valence-corrected chi connectivity index (χ4v) is 5.14. The van der Waals surface area contributed by atoms with Gasteiger partial charge < -0.3 is 14.5 Å². The van der Waals surface area contributed by atoms with Crippen LogP contribution in [0.15, 0.2) is 41.8 Å². The number of hydrogen-bond acceptors (Lipinski definition) is 4. The lowest BCUT2D eigenvalue weighted by molar-refractivity contribution is -0.146. The highest BCUT2D eigenvalue weighted by Gasteiger charge is 2.33. The molecule has 0 bridgehead atoms. The molecule has 1 aromatic carbocycles. The summed E-state index contributed by atoms with van der Waals surface area (Å²) in [5, 5.41) is 2.07. The Morgan fingerprint density at radius 2 is 1.84 bits per heavy atom. The molecule has 0 spiro atoms. The van der Waals surface area contributed by atoms with E-state index in [1.54, 1.807) is 16.2 Å². The summed E-state index contributed by atoms with van der Waals surface area (Å²) in [4.78, 5) is 31.5. The second-order valence-corrected chi connectivity index (χ2v) is 9.74. The van der Waals surface area contributed by atoms with Crippen molar-refractivity contribution in [2.24, 2.45) is 5.92 Å². The smallest absolute Gasteiger partial charge is 0.242 e. The molecule has 1 unspecified atom stereocenters. The third kappa shape index (κ3) is 5.74. The molecule has 166 valence electrons. The molecule has 5 nitrogen and oxygen atoms in total. The summed E-state index contributed by atoms with van der Waals surface area (Å²) in [6.07, 6.45) is 5.04. The number of ether oxygens (including phenoxy) is 1. The number of carbonyl (C=O) groups excluding carboxylic acids is 2. The standard InChI is InChI=1S/C25H32N2O3S/c1-19-12-14-31-23(19)17-26(15-20-7-3-2-4-8-20)24(28)18-27(16-22-11-6-13-30-22)25(29)21-9-5-10-21/h2-4,7-8,12,14,21-22H,5-6,9-11,13,15-18H2,1H3. The summed E-state index contributed by atoms with van der Waals surface area (Å²) in [5.74, 6) is 0.209. The van der Waals surface area contributed by atoms with Gasteiger partial charge in [-0.3, -0.25) is 9.59 Å². The Kier molecular flexibility index (Phi) is 7.41. The Labute approximate surface area is 189 Å². The SMILES string of the molecule is Cc1ccsc1CN(Cc1ccccc1)C(=O)CN(CC1CCCO1)C(=O)C1CCC1. The van der Waals surface area contributed by atoms with E-state index in [4.69, 9.17) is 4.74 Å². The number of hydrogen-bond donors (Lipinski definition) is 0. The van der Waals surface area contributed by atoms with Crippen LogP contribution in [0.1, 0.15) is 48.1 Å². The van der Waals surface area contributed by atoms with Gasteiger partial charge in [0.15, 0.2) is 0 Å². The molecule has 1 atom stereocenters. The molecule has 1 saturated carbocycles. The normalized spacial score (nSPS) is 18.5. The number of benzene rings is 1. The molecular formula is C25H32N2O3S. The maximum atomic E-state index is 13.5. The van der Waals surface area contributed by atoms with Crippen molar-refractivity contribution in [3.8, 4) is 0 Å². The van der Waals surface area contributed by atoms with Crippen molar-refractivity contribution in [1.29, 1.82) is 0 Å². The summed E-state index contributed by atoms with van der Waals surface area (Å²) in [6, 6.07) is 12.2. The van der Waals surface area contributed by atoms with Gasteiger partial charge in [-0.2, -0.15) is 0 Å². The summed E-state index contributed by atoms with van der Waals surface area (Å²) in [7, 11) is 0. The number of carbonyl (C=O) groups is 2. The zero-order valence-electron chi connectivity index (χ0n) is 18.3. The van der Waals surface area contributed by atoms with Crippen molar-refractivity contribution in [2.45, 2.75) is 58.2 Å². The lowest BCUT2D eigenvalue weighted by Crippen LogP contribution is -2.48. The fraction of sp³-hybridized carbons (Fsp3) is 0.520. The van der Waals surface area contributed by atoms with Gasteiger partial charge in [0.05, 0.1) is 19.2 Å². The molecule has 1 aliphatic heterocycles. The van der Waals surface area contributed by atoms with Gasteiger partial charge in [0, 0.05) is 30.5 Å². The average molecular weight is 441 g/mol. The van der Waals surface area contributed by atoms with Crippen molar-refractivity contribution in [2.75, 3.05) is 19.7 Å². The van der Waals surface area contributed by atoms with E-state index in [0.29, 0.717) is 19.6 Å². The summed E-state index contributed by atoms with van der Waals surface area (Å²) in [6.45, 7) is 4.61. The molecule has 6 heteroatoms. The minimum absolute atomic E-state index is 0.00215. The van der Waals surface area contributed by atoms with Crippen molar-refractivity contribution in [1.82, 2.24) is 9.80 Å². The number of thiophene rings is 1. The van der Waals surface area contributed by atoms with Crippen LogP contribution in [0, 0.1) is 12.8 Å². The predicted molar refractivity (Wildman–Crippen MR) is 123 cm³/mol. The summed E-state index contributed by atoms with van der Waals surface area (Å²) < 4.78 is 5.79. The molecule has 2 amide bonds. The van der Waals surface area contributed by atoms with E-state index >= 15 is 0 Å². The van der Waals surface area contributed by atoms with E-state index in [1.165, 1.54) is 10.4 Å². The molecule has 1 aliphatic carbocycles. The van der Waals surface area contributed by atoms with Crippen LogP contribution < -0.4 is 0 Å². The van der Waals surface area contributed by atoms with Gasteiger partial charge >= 0.3 is 0 Å². The first-order valence-corrected chi connectivity index (χ1v) is 12.2. The van der Waals surface area contributed by atoms with Crippen molar-refractivity contribution >= 4 is 23.2 Å². The molecule has 31 heavy (non-hydrogen) atoms. The van der Waals surface area contributed by atoms with Gasteiger partial charge in [-0.15, -0.1) is 11.3 Å². The Balaban J connectivity index is 1.49. The van der Waals surface area contributed by atoms with Gasteiger partial charge in [-0.1, -0.05) is 36.8 Å². The minimum Gasteiger partial charge on any atom is -0.376 e. The Morgan fingerprint density at radius 3 is 2.45 bits per heavy atom. The zero-order valence-corrected chi connectivity index (χ0v) is 19.1. The van der Waals surface area contributed by atoms with Crippen LogP contribution >= 0.6 is 11.3 Å². The lowest BCUT2D eigenvalue weighted by atomic mass is 9.84. The van der Waals surface area contributed by atoms with Gasteiger partial charge in [0.2, 0.25) is 11.8 Å². The number of aryl methyl sites for hydroxylation is 1. The van der Waals surface area contributed by atoms with E-state index in [2.05, 4.69) is 18.4 Å². The third-order valence-electron chi connectivity index (χ3n) is 6.41. The van der Waals surface area contributed by atoms with Crippen LogP contribution in [-0.4, -0.2) is 47.4 Å². The molecule has 0 N–H and O–H groups in total. The second-order valence-electron chi connectivity index (χ2n) is 8.74. The van der Waals surface area contributed by atoms with Gasteiger partial charge in [0.1, 0.15) is 0 Å². The molecule has 2 heterocycles. The van der Waals surface area contributed by atoms with E-state index in [-0.39, 0.29) is 30.4 Å². The third-order valence-corrected chi connectivity index (χ3v) is 7.42. The molecule has 1 saturated heterocycles.